The summed E-state index contributed by atoms with van der Waals surface area (Å²) in [5, 5.41) is 10.6. The second-order valence-corrected chi connectivity index (χ2v) is 6.27. The highest BCUT2D eigenvalue weighted by Crippen LogP contribution is 2.30. The zero-order valence-electron chi connectivity index (χ0n) is 12.7. The maximum absolute atomic E-state index is 13.9. The second-order valence-electron chi connectivity index (χ2n) is 6.27. The summed E-state index contributed by atoms with van der Waals surface area (Å²) >= 11 is 0. The zero-order valence-corrected chi connectivity index (χ0v) is 12.7. The molecule has 22 heavy (non-hydrogen) atoms. The zero-order chi connectivity index (χ0) is 15.7. The third-order valence-electron chi connectivity index (χ3n) is 4.55. The van der Waals surface area contributed by atoms with Crippen LogP contribution >= 0.6 is 0 Å². The summed E-state index contributed by atoms with van der Waals surface area (Å²) in [6.45, 7) is 7.10. The maximum Gasteiger partial charge on any atom is 0.272 e. The molecule has 120 valence electrons. The van der Waals surface area contributed by atoms with Crippen molar-refractivity contribution < 1.29 is 9.31 Å². The summed E-state index contributed by atoms with van der Waals surface area (Å²) in [6.07, 6.45) is 0. The minimum absolute atomic E-state index is 0.198. The van der Waals surface area contributed by atoms with Crippen LogP contribution in [0.4, 0.5) is 15.8 Å². The van der Waals surface area contributed by atoms with Crippen LogP contribution in [-0.4, -0.2) is 67.6 Å². The average molecular weight is 308 g/mol. The van der Waals surface area contributed by atoms with Gasteiger partial charge in [-0.1, -0.05) is 0 Å². The van der Waals surface area contributed by atoms with E-state index >= 15 is 0 Å². The number of anilines is 1. The number of likely N-dealkylation sites (N-methyl/N-ethyl adjacent to an activating group) is 1. The van der Waals surface area contributed by atoms with Gasteiger partial charge in [0.05, 0.1) is 16.7 Å². The number of hydrogen-bond donors (Lipinski definition) is 0. The van der Waals surface area contributed by atoms with Crippen molar-refractivity contribution in [1.29, 1.82) is 0 Å². The standard InChI is InChI=1S/C15H21FN4O2/c1-17-4-6-18(7-5-17)9-12-10-19(11-12)15-3-2-13(20(21)22)8-14(15)16/h2-3,8,12H,4-7,9-11H2,1H3. The normalized spacial score (nSPS) is 20.9. The number of nitro groups is 1. The van der Waals surface area contributed by atoms with Crippen molar-refractivity contribution in [2.24, 2.45) is 5.92 Å². The predicted octanol–water partition coefficient (Wildman–Crippen LogP) is 1.42. The molecule has 1 aromatic rings. The van der Waals surface area contributed by atoms with Gasteiger partial charge in [0, 0.05) is 57.8 Å². The monoisotopic (exact) mass is 308 g/mol. The van der Waals surface area contributed by atoms with E-state index < -0.39 is 10.7 Å². The number of benzene rings is 1. The number of nitro benzene ring substituents is 1. The van der Waals surface area contributed by atoms with E-state index in [1.165, 1.54) is 12.1 Å². The maximum atomic E-state index is 13.9. The largest absolute Gasteiger partial charge is 0.368 e. The van der Waals surface area contributed by atoms with E-state index in [0.717, 1.165) is 51.9 Å². The van der Waals surface area contributed by atoms with Crippen molar-refractivity contribution in [2.75, 3.05) is 57.8 Å². The molecule has 0 spiro atoms. The van der Waals surface area contributed by atoms with Crippen LogP contribution in [0.1, 0.15) is 0 Å². The van der Waals surface area contributed by atoms with Crippen molar-refractivity contribution in [1.82, 2.24) is 9.80 Å². The molecule has 0 radical (unpaired) electrons. The molecule has 2 aliphatic rings. The first-order chi connectivity index (χ1) is 10.5. The third kappa shape index (κ3) is 3.20. The lowest BCUT2D eigenvalue weighted by Crippen LogP contribution is -2.54. The summed E-state index contributed by atoms with van der Waals surface area (Å²) in [6, 6.07) is 3.88. The Kier molecular flexibility index (Phi) is 4.26. The summed E-state index contributed by atoms with van der Waals surface area (Å²) in [5.41, 5.74) is 0.274. The highest BCUT2D eigenvalue weighted by Gasteiger charge is 2.31. The first-order valence-corrected chi connectivity index (χ1v) is 7.62. The lowest BCUT2D eigenvalue weighted by atomic mass is 9.98. The molecule has 1 aromatic carbocycles. The molecule has 0 amide bonds. The highest BCUT2D eigenvalue weighted by atomic mass is 19.1. The van der Waals surface area contributed by atoms with Crippen molar-refractivity contribution in [2.45, 2.75) is 0 Å². The van der Waals surface area contributed by atoms with Gasteiger partial charge in [-0.05, 0) is 13.1 Å². The third-order valence-corrected chi connectivity index (χ3v) is 4.55. The van der Waals surface area contributed by atoms with Gasteiger partial charge in [0.15, 0.2) is 5.82 Å². The van der Waals surface area contributed by atoms with Gasteiger partial charge in [-0.2, -0.15) is 0 Å². The SMILES string of the molecule is CN1CCN(CC2CN(c3ccc([N+](=O)[O-])cc3F)C2)CC1. The van der Waals surface area contributed by atoms with Crippen molar-refractivity contribution in [3.05, 3.63) is 34.1 Å². The fourth-order valence-electron chi connectivity index (χ4n) is 3.14. The Morgan fingerprint density at radius 3 is 2.55 bits per heavy atom. The van der Waals surface area contributed by atoms with Crippen LogP contribution < -0.4 is 4.90 Å². The van der Waals surface area contributed by atoms with Gasteiger partial charge in [-0.25, -0.2) is 4.39 Å². The number of rotatable bonds is 4. The van der Waals surface area contributed by atoms with E-state index in [1.807, 2.05) is 4.90 Å². The van der Waals surface area contributed by atoms with Crippen molar-refractivity contribution in [3.63, 3.8) is 0 Å². The quantitative estimate of drug-likeness (QED) is 0.622. The summed E-state index contributed by atoms with van der Waals surface area (Å²) in [5.74, 6) is 0.0465. The average Bonchev–Trinajstić information content (AvgIpc) is 2.45. The molecular formula is C15H21FN4O2. The molecule has 0 aliphatic carbocycles. The molecule has 0 unspecified atom stereocenters. The molecule has 2 saturated heterocycles. The number of piperazine rings is 1. The van der Waals surface area contributed by atoms with E-state index in [2.05, 4.69) is 16.8 Å². The molecule has 3 rings (SSSR count). The molecule has 0 N–H and O–H groups in total. The molecule has 2 aliphatic heterocycles. The van der Waals surface area contributed by atoms with Crippen molar-refractivity contribution >= 4 is 11.4 Å². The minimum atomic E-state index is -0.570. The Morgan fingerprint density at radius 1 is 1.27 bits per heavy atom. The van der Waals surface area contributed by atoms with Crippen LogP contribution in [0.25, 0.3) is 0 Å². The Balaban J connectivity index is 1.52. The number of non-ortho nitro benzene ring substituents is 1. The molecule has 0 saturated carbocycles. The summed E-state index contributed by atoms with van der Waals surface area (Å²) in [4.78, 5) is 16.8. The van der Waals surface area contributed by atoms with E-state index in [-0.39, 0.29) is 5.69 Å². The van der Waals surface area contributed by atoms with Crippen LogP contribution in [0.3, 0.4) is 0 Å². The van der Waals surface area contributed by atoms with Gasteiger partial charge in [0.25, 0.3) is 5.69 Å². The Morgan fingerprint density at radius 2 is 1.95 bits per heavy atom. The molecule has 6 nitrogen and oxygen atoms in total. The van der Waals surface area contributed by atoms with Gasteiger partial charge < -0.3 is 14.7 Å². The number of halogens is 1. The van der Waals surface area contributed by atoms with E-state index in [1.54, 1.807) is 0 Å². The Hall–Kier alpha value is -1.73. The Bertz CT molecular complexity index is 554. The topological polar surface area (TPSA) is 52.9 Å². The molecule has 0 bridgehead atoms. The smallest absolute Gasteiger partial charge is 0.272 e. The first kappa shape index (κ1) is 15.2. The van der Waals surface area contributed by atoms with E-state index in [0.29, 0.717) is 11.6 Å². The second kappa shape index (κ2) is 6.18. The van der Waals surface area contributed by atoms with E-state index in [4.69, 9.17) is 0 Å². The van der Waals surface area contributed by atoms with Gasteiger partial charge in [0.1, 0.15) is 0 Å². The fraction of sp³-hybridized carbons (Fsp3) is 0.600. The van der Waals surface area contributed by atoms with Crippen LogP contribution in [0.2, 0.25) is 0 Å². The highest BCUT2D eigenvalue weighted by molar-refractivity contribution is 5.54. The van der Waals surface area contributed by atoms with Crippen LogP contribution in [0, 0.1) is 21.8 Å². The van der Waals surface area contributed by atoms with Crippen LogP contribution in [0.15, 0.2) is 18.2 Å². The van der Waals surface area contributed by atoms with Gasteiger partial charge in [-0.3, -0.25) is 10.1 Å². The Labute approximate surface area is 129 Å². The molecule has 7 heteroatoms. The molecule has 0 atom stereocenters. The molecule has 2 heterocycles. The lowest BCUT2D eigenvalue weighted by Gasteiger charge is -2.44. The lowest BCUT2D eigenvalue weighted by molar-refractivity contribution is -0.385. The van der Waals surface area contributed by atoms with Crippen molar-refractivity contribution in [3.8, 4) is 0 Å². The predicted molar refractivity (Wildman–Crippen MR) is 82.7 cm³/mol. The molecule has 2 fully saturated rings. The van der Waals surface area contributed by atoms with Gasteiger partial charge >= 0.3 is 0 Å². The van der Waals surface area contributed by atoms with E-state index in [9.17, 15) is 14.5 Å². The summed E-state index contributed by atoms with van der Waals surface area (Å²) in [7, 11) is 2.14. The number of nitrogens with zero attached hydrogens (tertiary/aromatic N) is 4. The van der Waals surface area contributed by atoms with Gasteiger partial charge in [0.2, 0.25) is 0 Å². The fourth-order valence-corrected chi connectivity index (χ4v) is 3.14. The molecular weight excluding hydrogens is 287 g/mol. The van der Waals surface area contributed by atoms with Gasteiger partial charge in [-0.15, -0.1) is 0 Å². The van der Waals surface area contributed by atoms with Crippen LogP contribution in [-0.2, 0) is 0 Å². The summed E-state index contributed by atoms with van der Waals surface area (Å²) < 4.78 is 13.9. The number of hydrogen-bond acceptors (Lipinski definition) is 5. The minimum Gasteiger partial charge on any atom is -0.368 e. The molecule has 0 aromatic heterocycles. The van der Waals surface area contributed by atoms with Crippen LogP contribution in [0.5, 0.6) is 0 Å². The first-order valence-electron chi connectivity index (χ1n) is 7.62.